The maximum Gasteiger partial charge on any atom is 0.197 e. The summed E-state index contributed by atoms with van der Waals surface area (Å²) in [6, 6.07) is -0.0122. The van der Waals surface area contributed by atoms with Crippen LogP contribution in [0.15, 0.2) is 6.33 Å². The molecule has 0 aliphatic rings. The summed E-state index contributed by atoms with van der Waals surface area (Å²) in [5, 5.41) is 12.1. The number of hydrogen-bond donors (Lipinski definition) is 2. The molecular weight excluding hydrogens is 264 g/mol. The zero-order valence-electron chi connectivity index (χ0n) is 11.4. The van der Waals surface area contributed by atoms with Crippen LogP contribution >= 0.6 is 11.5 Å². The third-order valence-electron chi connectivity index (χ3n) is 2.51. The normalized spacial score (nSPS) is 12.7. The van der Waals surface area contributed by atoms with Crippen molar-refractivity contribution in [2.75, 3.05) is 11.1 Å². The Kier molecular flexibility index (Phi) is 3.89. The number of nitrogens with two attached hydrogens (primary N) is 1. The molecule has 0 aliphatic carbocycles. The first-order valence-electron chi connectivity index (χ1n) is 6.01. The van der Waals surface area contributed by atoms with Gasteiger partial charge in [0, 0.05) is 7.05 Å². The van der Waals surface area contributed by atoms with E-state index < -0.39 is 0 Å². The number of aryl methyl sites for hydroxylation is 1. The average Bonchev–Trinajstić information content (AvgIpc) is 2.89. The first-order valence-corrected chi connectivity index (χ1v) is 6.78. The van der Waals surface area contributed by atoms with Crippen LogP contribution in [0.3, 0.4) is 0 Å². The summed E-state index contributed by atoms with van der Waals surface area (Å²) in [7, 11) is 1.90. The lowest BCUT2D eigenvalue weighted by Gasteiger charge is -2.15. The van der Waals surface area contributed by atoms with Crippen molar-refractivity contribution >= 4 is 22.4 Å². The molecule has 8 heteroatoms. The Labute approximate surface area is 116 Å². The fourth-order valence-electron chi connectivity index (χ4n) is 1.68. The Morgan fingerprint density at radius 3 is 2.74 bits per heavy atom. The Hall–Kier alpha value is -1.83. The van der Waals surface area contributed by atoms with Crippen molar-refractivity contribution in [3.8, 4) is 5.75 Å². The van der Waals surface area contributed by atoms with Gasteiger partial charge in [0.15, 0.2) is 22.4 Å². The van der Waals surface area contributed by atoms with E-state index in [9.17, 15) is 0 Å². The van der Waals surface area contributed by atoms with Gasteiger partial charge in [-0.3, -0.25) is 0 Å². The minimum Gasteiger partial charge on any atom is -0.484 e. The molecule has 2 aromatic heterocycles. The number of nitrogens with one attached hydrogen (secondary N) is 1. The lowest BCUT2D eigenvalue weighted by Crippen LogP contribution is -2.13. The maximum absolute atomic E-state index is 5.82. The summed E-state index contributed by atoms with van der Waals surface area (Å²) in [6.45, 7) is 5.90. The quantitative estimate of drug-likeness (QED) is 0.869. The van der Waals surface area contributed by atoms with Crippen molar-refractivity contribution in [1.82, 2.24) is 19.1 Å². The minimum atomic E-state index is -0.0122. The third-order valence-corrected chi connectivity index (χ3v) is 3.28. The van der Waals surface area contributed by atoms with Gasteiger partial charge in [0.1, 0.15) is 6.33 Å². The zero-order chi connectivity index (χ0) is 14.0. The number of anilines is 2. The first-order chi connectivity index (χ1) is 8.99. The third kappa shape index (κ3) is 2.95. The van der Waals surface area contributed by atoms with Gasteiger partial charge in [-0.1, -0.05) is 0 Å². The van der Waals surface area contributed by atoms with E-state index in [1.807, 2.05) is 32.4 Å². The van der Waals surface area contributed by atoms with E-state index in [0.717, 1.165) is 10.8 Å². The van der Waals surface area contributed by atoms with Crippen LogP contribution in [0.2, 0.25) is 0 Å². The van der Waals surface area contributed by atoms with Crippen LogP contribution < -0.4 is 15.8 Å². The van der Waals surface area contributed by atoms with Gasteiger partial charge in [-0.15, -0.1) is 10.2 Å². The van der Waals surface area contributed by atoms with Gasteiger partial charge in [0.25, 0.3) is 0 Å². The highest BCUT2D eigenvalue weighted by Gasteiger charge is 2.18. The maximum atomic E-state index is 5.82. The number of aromatic nitrogens is 4. The average molecular weight is 282 g/mol. The molecule has 1 atom stereocenters. The van der Waals surface area contributed by atoms with Gasteiger partial charge >= 0.3 is 0 Å². The van der Waals surface area contributed by atoms with E-state index in [2.05, 4.69) is 19.9 Å². The molecule has 2 aromatic rings. The number of hydrogen-bond acceptors (Lipinski definition) is 7. The van der Waals surface area contributed by atoms with Crippen LogP contribution in [0.4, 0.5) is 10.8 Å². The Bertz CT molecular complexity index is 549. The van der Waals surface area contributed by atoms with Gasteiger partial charge in [0.05, 0.1) is 12.1 Å². The van der Waals surface area contributed by atoms with E-state index in [1.165, 1.54) is 11.5 Å². The molecule has 0 aliphatic heterocycles. The molecule has 2 rings (SSSR count). The monoisotopic (exact) mass is 282 g/mol. The molecule has 0 fully saturated rings. The lowest BCUT2D eigenvalue weighted by atomic mass is 10.3. The fraction of sp³-hybridized carbons (Fsp3) is 0.545. The Morgan fingerprint density at radius 2 is 2.16 bits per heavy atom. The summed E-state index contributed by atoms with van der Waals surface area (Å²) < 4.78 is 11.7. The number of ether oxygens (including phenoxy) is 1. The van der Waals surface area contributed by atoms with Crippen LogP contribution in [0.5, 0.6) is 5.75 Å². The van der Waals surface area contributed by atoms with Crippen LogP contribution in [0.25, 0.3) is 0 Å². The van der Waals surface area contributed by atoms with Gasteiger partial charge in [-0.05, 0) is 32.3 Å². The van der Waals surface area contributed by atoms with Crippen molar-refractivity contribution in [2.24, 2.45) is 7.05 Å². The Morgan fingerprint density at radius 1 is 1.42 bits per heavy atom. The standard InChI is InChI=1S/C11H18N6OS/c1-6(2)18-8-9(12)16-19-11(8)14-7(3)10-15-13-5-17(10)4/h5-7,14H,1-4H3,(H2,12,16). The van der Waals surface area contributed by atoms with E-state index in [-0.39, 0.29) is 12.1 Å². The highest BCUT2D eigenvalue weighted by molar-refractivity contribution is 7.11. The molecular formula is C11H18N6OS. The molecule has 0 amide bonds. The van der Waals surface area contributed by atoms with E-state index >= 15 is 0 Å². The molecule has 3 N–H and O–H groups in total. The van der Waals surface area contributed by atoms with E-state index in [4.69, 9.17) is 10.5 Å². The summed E-state index contributed by atoms with van der Waals surface area (Å²) >= 11 is 1.28. The van der Waals surface area contributed by atoms with E-state index in [1.54, 1.807) is 6.33 Å². The largest absolute Gasteiger partial charge is 0.484 e. The Balaban J connectivity index is 2.17. The highest BCUT2D eigenvalue weighted by Crippen LogP contribution is 2.37. The van der Waals surface area contributed by atoms with Crippen LogP contribution in [0.1, 0.15) is 32.6 Å². The topological polar surface area (TPSA) is 90.9 Å². The van der Waals surface area contributed by atoms with Crippen molar-refractivity contribution in [3.05, 3.63) is 12.2 Å². The van der Waals surface area contributed by atoms with Gasteiger partial charge in [0.2, 0.25) is 0 Å². The van der Waals surface area contributed by atoms with Crippen molar-refractivity contribution in [2.45, 2.75) is 32.9 Å². The molecule has 0 saturated carbocycles. The molecule has 7 nitrogen and oxygen atoms in total. The molecule has 104 valence electrons. The fourth-order valence-corrected chi connectivity index (χ4v) is 2.42. The summed E-state index contributed by atoms with van der Waals surface area (Å²) in [5.74, 6) is 1.85. The lowest BCUT2D eigenvalue weighted by molar-refractivity contribution is 0.245. The second kappa shape index (κ2) is 5.43. The number of nitrogens with zero attached hydrogens (tertiary/aromatic N) is 4. The first kappa shape index (κ1) is 13.6. The SMILES string of the molecule is CC(C)Oc1c(N)nsc1NC(C)c1nncn1C. The summed E-state index contributed by atoms with van der Waals surface area (Å²) in [4.78, 5) is 0. The summed E-state index contributed by atoms with van der Waals surface area (Å²) in [5.41, 5.74) is 5.82. The van der Waals surface area contributed by atoms with Crippen molar-refractivity contribution in [3.63, 3.8) is 0 Å². The molecule has 0 spiro atoms. The number of nitrogen functional groups attached to an aromatic ring is 1. The van der Waals surface area contributed by atoms with Crippen LogP contribution in [-0.4, -0.2) is 25.2 Å². The molecule has 0 radical (unpaired) electrons. The van der Waals surface area contributed by atoms with Crippen LogP contribution in [0, 0.1) is 0 Å². The second-order valence-electron chi connectivity index (χ2n) is 4.56. The second-order valence-corrected chi connectivity index (χ2v) is 5.33. The molecule has 0 bridgehead atoms. The van der Waals surface area contributed by atoms with Gasteiger partial charge in [-0.25, -0.2) is 0 Å². The van der Waals surface area contributed by atoms with Gasteiger partial charge in [-0.2, -0.15) is 4.37 Å². The van der Waals surface area contributed by atoms with Crippen molar-refractivity contribution < 1.29 is 4.74 Å². The van der Waals surface area contributed by atoms with Crippen LogP contribution in [-0.2, 0) is 7.05 Å². The van der Waals surface area contributed by atoms with E-state index in [0.29, 0.717) is 11.6 Å². The number of rotatable bonds is 5. The predicted molar refractivity (Wildman–Crippen MR) is 75.3 cm³/mol. The zero-order valence-corrected chi connectivity index (χ0v) is 12.2. The van der Waals surface area contributed by atoms with Crippen molar-refractivity contribution in [1.29, 1.82) is 0 Å². The molecule has 2 heterocycles. The molecule has 0 aromatic carbocycles. The molecule has 19 heavy (non-hydrogen) atoms. The minimum absolute atomic E-state index is 0.0122. The highest BCUT2D eigenvalue weighted by atomic mass is 32.1. The smallest absolute Gasteiger partial charge is 0.197 e. The molecule has 0 saturated heterocycles. The molecule has 1 unspecified atom stereocenters. The summed E-state index contributed by atoms with van der Waals surface area (Å²) in [6.07, 6.45) is 1.71. The predicted octanol–water partition coefficient (Wildman–Crippen LogP) is 1.81. The van der Waals surface area contributed by atoms with Gasteiger partial charge < -0.3 is 20.4 Å².